The molecular formula is C27H30N4O5S. The third kappa shape index (κ3) is 4.09. The zero-order chi connectivity index (χ0) is 26.5. The highest BCUT2D eigenvalue weighted by Gasteiger charge is 2.67. The highest BCUT2D eigenvalue weighted by Crippen LogP contribution is 2.45. The van der Waals surface area contributed by atoms with Crippen LogP contribution in [0.2, 0.25) is 0 Å². The molecule has 5 rings (SSSR count). The Kier molecular flexibility index (Phi) is 6.10. The van der Waals surface area contributed by atoms with E-state index in [1.807, 2.05) is 61.5 Å². The number of para-hydroxylation sites is 1. The molecule has 3 amide bonds. The topological polar surface area (TPSA) is 128 Å². The van der Waals surface area contributed by atoms with Gasteiger partial charge in [-0.3, -0.25) is 14.4 Å². The third-order valence-electron chi connectivity index (χ3n) is 7.61. The molecule has 37 heavy (non-hydrogen) atoms. The van der Waals surface area contributed by atoms with Crippen LogP contribution in [0.25, 0.3) is 10.9 Å². The van der Waals surface area contributed by atoms with Crippen LogP contribution in [-0.4, -0.2) is 58.2 Å². The zero-order valence-electron chi connectivity index (χ0n) is 20.9. The number of aromatic amines is 1. The van der Waals surface area contributed by atoms with Crippen LogP contribution < -0.4 is 10.6 Å². The molecule has 9 nitrogen and oxygen atoms in total. The SMILES string of the molecule is C[C@@H](NC(=O)[C@@H](Cc1c[nH]c2ccccc12)NC(=O)[C@H]1N2C(=O)C[C@@H]2S(=O)(=O)C1(C)C)c1ccccc1. The van der Waals surface area contributed by atoms with Crippen LogP contribution in [0, 0.1) is 0 Å². The van der Waals surface area contributed by atoms with Crippen LogP contribution in [0.15, 0.2) is 60.8 Å². The average Bonchev–Trinajstić information content (AvgIpc) is 3.32. The van der Waals surface area contributed by atoms with E-state index in [4.69, 9.17) is 0 Å². The quantitative estimate of drug-likeness (QED) is 0.410. The molecule has 2 aliphatic rings. The van der Waals surface area contributed by atoms with Gasteiger partial charge >= 0.3 is 0 Å². The molecule has 0 unspecified atom stereocenters. The summed E-state index contributed by atoms with van der Waals surface area (Å²) in [6, 6.07) is 14.6. The number of nitrogens with zero attached hydrogens (tertiary/aromatic N) is 1. The number of hydrogen-bond donors (Lipinski definition) is 3. The van der Waals surface area contributed by atoms with Gasteiger partial charge in [-0.15, -0.1) is 0 Å². The predicted octanol–water partition coefficient (Wildman–Crippen LogP) is 2.21. The fourth-order valence-electron chi connectivity index (χ4n) is 5.37. The molecule has 0 radical (unpaired) electrons. The van der Waals surface area contributed by atoms with Gasteiger partial charge in [0.05, 0.1) is 17.2 Å². The van der Waals surface area contributed by atoms with Crippen LogP contribution in [0.3, 0.4) is 0 Å². The minimum atomic E-state index is -3.74. The van der Waals surface area contributed by atoms with Crippen molar-refractivity contribution >= 4 is 38.5 Å². The second-order valence-corrected chi connectivity index (χ2v) is 13.0. The maximum Gasteiger partial charge on any atom is 0.245 e. The molecule has 10 heteroatoms. The first-order chi connectivity index (χ1) is 17.5. The first-order valence-corrected chi connectivity index (χ1v) is 13.8. The van der Waals surface area contributed by atoms with E-state index in [2.05, 4.69) is 15.6 Å². The Morgan fingerprint density at radius 3 is 2.46 bits per heavy atom. The second kappa shape index (κ2) is 9.02. The first-order valence-electron chi connectivity index (χ1n) is 12.3. The van der Waals surface area contributed by atoms with Crippen molar-refractivity contribution in [1.82, 2.24) is 20.5 Å². The van der Waals surface area contributed by atoms with Gasteiger partial charge in [-0.05, 0) is 38.0 Å². The number of rotatable bonds is 7. The Balaban J connectivity index is 1.43. The predicted molar refractivity (Wildman–Crippen MR) is 139 cm³/mol. The number of β-lactam (4-membered cyclic amide) rings is 1. The summed E-state index contributed by atoms with van der Waals surface area (Å²) in [6.07, 6.45) is 1.86. The maximum absolute atomic E-state index is 13.6. The minimum absolute atomic E-state index is 0.122. The van der Waals surface area contributed by atoms with Crippen molar-refractivity contribution in [2.24, 2.45) is 0 Å². The molecule has 3 aromatic rings. The summed E-state index contributed by atoms with van der Waals surface area (Å²) in [7, 11) is -3.74. The normalized spacial score (nSPS) is 23.1. The molecule has 0 aliphatic carbocycles. The Morgan fingerprint density at radius 1 is 1.08 bits per heavy atom. The Hall–Kier alpha value is -3.66. The maximum atomic E-state index is 13.6. The van der Waals surface area contributed by atoms with Crippen LogP contribution in [0.1, 0.15) is 44.4 Å². The van der Waals surface area contributed by atoms with Crippen molar-refractivity contribution in [3.63, 3.8) is 0 Å². The summed E-state index contributed by atoms with van der Waals surface area (Å²) in [4.78, 5) is 43.8. The van der Waals surface area contributed by atoms with Gasteiger partial charge in [-0.25, -0.2) is 8.42 Å². The van der Waals surface area contributed by atoms with Crippen LogP contribution in [0.5, 0.6) is 0 Å². The number of carbonyl (C=O) groups is 3. The van der Waals surface area contributed by atoms with Crippen molar-refractivity contribution in [3.05, 3.63) is 71.9 Å². The van der Waals surface area contributed by atoms with Gasteiger partial charge in [0.2, 0.25) is 17.7 Å². The lowest BCUT2D eigenvalue weighted by Gasteiger charge is -2.37. The summed E-state index contributed by atoms with van der Waals surface area (Å²) in [5.74, 6) is -1.44. The van der Waals surface area contributed by atoms with Gasteiger partial charge in [-0.2, -0.15) is 0 Å². The largest absolute Gasteiger partial charge is 0.361 e. The van der Waals surface area contributed by atoms with E-state index in [-0.39, 0.29) is 24.8 Å². The Bertz CT molecular complexity index is 1480. The number of sulfone groups is 1. The zero-order valence-corrected chi connectivity index (χ0v) is 21.7. The number of aromatic nitrogens is 1. The molecule has 2 aromatic carbocycles. The summed E-state index contributed by atoms with van der Waals surface area (Å²) in [6.45, 7) is 4.78. The van der Waals surface area contributed by atoms with Crippen molar-refractivity contribution < 1.29 is 22.8 Å². The number of H-pyrrole nitrogens is 1. The van der Waals surface area contributed by atoms with Crippen molar-refractivity contribution in [1.29, 1.82) is 0 Å². The van der Waals surface area contributed by atoms with Crippen LogP contribution in [-0.2, 0) is 30.6 Å². The minimum Gasteiger partial charge on any atom is -0.361 e. The number of fused-ring (bicyclic) bond motifs is 2. The van der Waals surface area contributed by atoms with Crippen LogP contribution >= 0.6 is 0 Å². The van der Waals surface area contributed by atoms with E-state index in [9.17, 15) is 22.8 Å². The fraction of sp³-hybridized carbons (Fsp3) is 0.370. The molecule has 1 aromatic heterocycles. The third-order valence-corrected chi connectivity index (χ3v) is 10.4. The number of carbonyl (C=O) groups excluding carboxylic acids is 3. The van der Waals surface area contributed by atoms with Gasteiger partial charge in [0.1, 0.15) is 17.5 Å². The van der Waals surface area contributed by atoms with Crippen molar-refractivity contribution in [2.75, 3.05) is 0 Å². The fourth-order valence-corrected chi connectivity index (χ4v) is 7.51. The monoisotopic (exact) mass is 522 g/mol. The molecule has 2 saturated heterocycles. The second-order valence-electron chi connectivity index (χ2n) is 10.3. The first kappa shape index (κ1) is 25.0. The Labute approximate surface area is 215 Å². The summed E-state index contributed by atoms with van der Waals surface area (Å²) in [5.41, 5.74) is 2.64. The molecule has 0 spiro atoms. The number of amides is 3. The van der Waals surface area contributed by atoms with E-state index in [1.165, 1.54) is 13.8 Å². The Morgan fingerprint density at radius 2 is 1.76 bits per heavy atom. The van der Waals surface area contributed by atoms with E-state index in [0.717, 1.165) is 26.9 Å². The smallest absolute Gasteiger partial charge is 0.245 e. The van der Waals surface area contributed by atoms with Gasteiger partial charge in [-0.1, -0.05) is 48.5 Å². The molecule has 0 saturated carbocycles. The van der Waals surface area contributed by atoms with Gasteiger partial charge in [0, 0.05) is 23.5 Å². The highest BCUT2D eigenvalue weighted by molar-refractivity contribution is 7.93. The molecular weight excluding hydrogens is 492 g/mol. The van der Waals surface area contributed by atoms with E-state index < -0.39 is 43.9 Å². The molecule has 4 atom stereocenters. The lowest BCUT2D eigenvalue weighted by Crippen LogP contribution is -2.62. The van der Waals surface area contributed by atoms with Crippen molar-refractivity contribution in [2.45, 2.75) is 61.9 Å². The molecule has 2 fully saturated rings. The van der Waals surface area contributed by atoms with Crippen LogP contribution in [0.4, 0.5) is 0 Å². The number of nitrogens with one attached hydrogen (secondary N) is 3. The standard InChI is InChI=1S/C27H30N4O5S/c1-16(17-9-5-4-6-10-17)29-25(33)21(13-18-15-28-20-12-8-7-11-19(18)20)30-26(34)24-27(2,3)37(35,36)23-14-22(32)31(23)24/h4-12,15-16,21,23-24,28H,13-14H2,1-3H3,(H,29,33)(H,30,34)/t16-,21-,23+,24-/m1/s1. The number of hydrogen-bond acceptors (Lipinski definition) is 5. The average molecular weight is 523 g/mol. The van der Waals surface area contributed by atoms with Gasteiger partial charge in [0.25, 0.3) is 0 Å². The van der Waals surface area contributed by atoms with E-state index in [0.29, 0.717) is 0 Å². The lowest BCUT2D eigenvalue weighted by atomic mass is 9.96. The van der Waals surface area contributed by atoms with Crippen molar-refractivity contribution in [3.8, 4) is 0 Å². The molecule has 194 valence electrons. The number of benzene rings is 2. The molecule has 2 aliphatic heterocycles. The molecule has 3 N–H and O–H groups in total. The summed E-state index contributed by atoms with van der Waals surface area (Å²) in [5, 5.41) is 5.69. The van der Waals surface area contributed by atoms with E-state index >= 15 is 0 Å². The van der Waals surface area contributed by atoms with Gasteiger partial charge in [0.15, 0.2) is 9.84 Å². The summed E-state index contributed by atoms with van der Waals surface area (Å²) >= 11 is 0. The van der Waals surface area contributed by atoms with Gasteiger partial charge < -0.3 is 20.5 Å². The van der Waals surface area contributed by atoms with E-state index in [1.54, 1.807) is 6.20 Å². The highest BCUT2D eigenvalue weighted by atomic mass is 32.2. The lowest BCUT2D eigenvalue weighted by molar-refractivity contribution is -0.150. The molecule has 3 heterocycles. The summed E-state index contributed by atoms with van der Waals surface area (Å²) < 4.78 is 24.5. The molecule has 0 bridgehead atoms.